The smallest absolute Gasteiger partial charge is 0.244 e. The SMILES string of the molecule is CC1C(=O)N(C)CCN1c1cncc(OCCO)n1. The van der Waals surface area contributed by atoms with E-state index in [-0.39, 0.29) is 25.2 Å². The summed E-state index contributed by atoms with van der Waals surface area (Å²) in [6, 6.07) is -0.263. The average molecular weight is 266 g/mol. The van der Waals surface area contributed by atoms with Gasteiger partial charge in [0, 0.05) is 20.1 Å². The standard InChI is InChI=1S/C12H18N4O3/c1-9-12(18)15(2)3-4-16(9)10-7-13-8-11(14-10)19-6-5-17/h7-9,17H,3-6H2,1-2H3. The Morgan fingerprint density at radius 2 is 2.26 bits per heavy atom. The van der Waals surface area contributed by atoms with E-state index in [0.717, 1.165) is 0 Å². The van der Waals surface area contributed by atoms with Gasteiger partial charge in [-0.3, -0.25) is 9.78 Å². The number of nitrogens with zero attached hydrogens (tertiary/aromatic N) is 4. The molecule has 1 atom stereocenters. The van der Waals surface area contributed by atoms with Crippen molar-refractivity contribution in [2.24, 2.45) is 0 Å². The summed E-state index contributed by atoms with van der Waals surface area (Å²) in [5, 5.41) is 8.72. The first-order chi connectivity index (χ1) is 9.13. The second-order valence-corrected chi connectivity index (χ2v) is 4.42. The summed E-state index contributed by atoms with van der Waals surface area (Å²) in [5.41, 5.74) is 0. The van der Waals surface area contributed by atoms with Crippen molar-refractivity contribution in [3.8, 4) is 5.88 Å². The number of hydrogen-bond donors (Lipinski definition) is 1. The van der Waals surface area contributed by atoms with Gasteiger partial charge in [0.1, 0.15) is 12.6 Å². The van der Waals surface area contributed by atoms with E-state index in [1.54, 1.807) is 18.1 Å². The molecule has 7 heteroatoms. The molecule has 0 aliphatic carbocycles. The molecule has 1 saturated heterocycles. The van der Waals surface area contributed by atoms with Crippen LogP contribution in [-0.4, -0.2) is 65.3 Å². The predicted octanol–water partition coefficient (Wildman–Crippen LogP) is -0.485. The maximum absolute atomic E-state index is 11.9. The number of aromatic nitrogens is 2. The van der Waals surface area contributed by atoms with E-state index >= 15 is 0 Å². The molecule has 1 N–H and O–H groups in total. The van der Waals surface area contributed by atoms with Gasteiger partial charge in [0.05, 0.1) is 19.0 Å². The number of aliphatic hydroxyl groups is 1. The highest BCUT2D eigenvalue weighted by molar-refractivity contribution is 5.85. The number of likely N-dealkylation sites (N-methyl/N-ethyl adjacent to an activating group) is 1. The van der Waals surface area contributed by atoms with Crippen LogP contribution in [0, 0.1) is 0 Å². The first kappa shape index (κ1) is 13.5. The van der Waals surface area contributed by atoms with Crippen LogP contribution >= 0.6 is 0 Å². The summed E-state index contributed by atoms with van der Waals surface area (Å²) < 4.78 is 5.22. The van der Waals surface area contributed by atoms with Crippen LogP contribution in [0.4, 0.5) is 5.82 Å². The minimum atomic E-state index is -0.263. The Morgan fingerprint density at radius 1 is 1.47 bits per heavy atom. The van der Waals surface area contributed by atoms with Gasteiger partial charge >= 0.3 is 0 Å². The Labute approximate surface area is 111 Å². The number of carbonyl (C=O) groups excluding carboxylic acids is 1. The van der Waals surface area contributed by atoms with Crippen molar-refractivity contribution < 1.29 is 14.6 Å². The van der Waals surface area contributed by atoms with Gasteiger partial charge < -0.3 is 19.6 Å². The quantitative estimate of drug-likeness (QED) is 0.792. The Balaban J connectivity index is 2.15. The van der Waals surface area contributed by atoms with Crippen LogP contribution in [0.15, 0.2) is 12.4 Å². The third kappa shape index (κ3) is 2.93. The molecular weight excluding hydrogens is 248 g/mol. The van der Waals surface area contributed by atoms with Gasteiger partial charge in [0.15, 0.2) is 5.82 Å². The lowest BCUT2D eigenvalue weighted by molar-refractivity contribution is -0.132. The molecule has 1 amide bonds. The Bertz CT molecular complexity index is 454. The zero-order chi connectivity index (χ0) is 13.8. The molecule has 1 aliphatic rings. The lowest BCUT2D eigenvalue weighted by Crippen LogP contribution is -2.54. The van der Waals surface area contributed by atoms with E-state index < -0.39 is 0 Å². The van der Waals surface area contributed by atoms with E-state index in [9.17, 15) is 4.79 Å². The predicted molar refractivity (Wildman–Crippen MR) is 69.1 cm³/mol. The molecule has 0 spiro atoms. The summed E-state index contributed by atoms with van der Waals surface area (Å²) in [4.78, 5) is 23.9. The highest BCUT2D eigenvalue weighted by atomic mass is 16.5. The van der Waals surface area contributed by atoms with Crippen LogP contribution in [0.25, 0.3) is 0 Å². The Kier molecular flexibility index (Phi) is 4.16. The van der Waals surface area contributed by atoms with Crippen LogP contribution in [0.2, 0.25) is 0 Å². The largest absolute Gasteiger partial charge is 0.474 e. The first-order valence-electron chi connectivity index (χ1n) is 6.21. The van der Waals surface area contributed by atoms with Crippen molar-refractivity contribution in [3.63, 3.8) is 0 Å². The van der Waals surface area contributed by atoms with Gasteiger partial charge in [-0.15, -0.1) is 0 Å². The van der Waals surface area contributed by atoms with Crippen molar-refractivity contribution >= 4 is 11.7 Å². The maximum Gasteiger partial charge on any atom is 0.244 e. The number of aliphatic hydroxyl groups excluding tert-OH is 1. The number of ether oxygens (including phenoxy) is 1. The number of rotatable bonds is 4. The third-order valence-corrected chi connectivity index (χ3v) is 3.11. The molecule has 1 aliphatic heterocycles. The summed E-state index contributed by atoms with van der Waals surface area (Å²) in [6.07, 6.45) is 3.10. The summed E-state index contributed by atoms with van der Waals surface area (Å²) >= 11 is 0. The molecule has 2 heterocycles. The monoisotopic (exact) mass is 266 g/mol. The molecule has 0 radical (unpaired) electrons. The molecule has 7 nitrogen and oxygen atoms in total. The molecule has 1 aromatic rings. The molecule has 1 unspecified atom stereocenters. The lowest BCUT2D eigenvalue weighted by Gasteiger charge is -2.37. The maximum atomic E-state index is 11.9. The fourth-order valence-corrected chi connectivity index (χ4v) is 2.02. The fraction of sp³-hybridized carbons (Fsp3) is 0.583. The average Bonchev–Trinajstić information content (AvgIpc) is 2.43. The zero-order valence-electron chi connectivity index (χ0n) is 11.1. The van der Waals surface area contributed by atoms with Crippen LogP contribution in [-0.2, 0) is 4.79 Å². The minimum Gasteiger partial charge on any atom is -0.474 e. The Morgan fingerprint density at radius 3 is 3.00 bits per heavy atom. The summed E-state index contributed by atoms with van der Waals surface area (Å²) in [6.45, 7) is 3.32. The van der Waals surface area contributed by atoms with Gasteiger partial charge in [0.2, 0.25) is 11.8 Å². The number of carbonyl (C=O) groups is 1. The third-order valence-electron chi connectivity index (χ3n) is 3.11. The first-order valence-corrected chi connectivity index (χ1v) is 6.21. The molecule has 0 saturated carbocycles. The van der Waals surface area contributed by atoms with Crippen LogP contribution < -0.4 is 9.64 Å². The molecule has 19 heavy (non-hydrogen) atoms. The molecule has 1 aromatic heterocycles. The van der Waals surface area contributed by atoms with E-state index in [1.165, 1.54) is 6.20 Å². The highest BCUT2D eigenvalue weighted by Crippen LogP contribution is 2.19. The molecule has 2 rings (SSSR count). The van der Waals surface area contributed by atoms with Crippen molar-refractivity contribution in [2.75, 3.05) is 38.3 Å². The molecule has 104 valence electrons. The van der Waals surface area contributed by atoms with Gasteiger partial charge in [0.25, 0.3) is 0 Å². The molecular formula is C12H18N4O3. The van der Waals surface area contributed by atoms with Crippen LogP contribution in [0.1, 0.15) is 6.92 Å². The van der Waals surface area contributed by atoms with Crippen LogP contribution in [0.3, 0.4) is 0 Å². The van der Waals surface area contributed by atoms with Crippen LogP contribution in [0.5, 0.6) is 5.88 Å². The van der Waals surface area contributed by atoms with Gasteiger partial charge in [-0.2, -0.15) is 4.98 Å². The number of hydrogen-bond acceptors (Lipinski definition) is 6. The number of anilines is 1. The van der Waals surface area contributed by atoms with E-state index in [4.69, 9.17) is 9.84 Å². The van der Waals surface area contributed by atoms with Gasteiger partial charge in [-0.05, 0) is 6.92 Å². The van der Waals surface area contributed by atoms with E-state index in [1.807, 2.05) is 11.8 Å². The minimum absolute atomic E-state index is 0.0646. The van der Waals surface area contributed by atoms with E-state index in [0.29, 0.717) is 24.8 Å². The van der Waals surface area contributed by atoms with Gasteiger partial charge in [-0.1, -0.05) is 0 Å². The Hall–Kier alpha value is -1.89. The molecule has 1 fully saturated rings. The second-order valence-electron chi connectivity index (χ2n) is 4.42. The number of amides is 1. The van der Waals surface area contributed by atoms with Crippen molar-refractivity contribution in [1.29, 1.82) is 0 Å². The topological polar surface area (TPSA) is 78.8 Å². The lowest BCUT2D eigenvalue weighted by atomic mass is 10.2. The van der Waals surface area contributed by atoms with Crippen molar-refractivity contribution in [1.82, 2.24) is 14.9 Å². The van der Waals surface area contributed by atoms with E-state index in [2.05, 4.69) is 9.97 Å². The number of piperazine rings is 1. The van der Waals surface area contributed by atoms with Gasteiger partial charge in [-0.25, -0.2) is 0 Å². The molecule has 0 aromatic carbocycles. The highest BCUT2D eigenvalue weighted by Gasteiger charge is 2.30. The fourth-order valence-electron chi connectivity index (χ4n) is 2.02. The summed E-state index contributed by atoms with van der Waals surface area (Å²) in [7, 11) is 1.79. The normalized spacial score (nSPS) is 19.7. The molecule has 0 bridgehead atoms. The zero-order valence-corrected chi connectivity index (χ0v) is 11.1. The van der Waals surface area contributed by atoms with Crippen molar-refractivity contribution in [3.05, 3.63) is 12.4 Å². The summed E-state index contributed by atoms with van der Waals surface area (Å²) in [5.74, 6) is 1.03. The van der Waals surface area contributed by atoms with Crippen molar-refractivity contribution in [2.45, 2.75) is 13.0 Å². The second kappa shape index (κ2) is 5.83.